The van der Waals surface area contributed by atoms with E-state index in [2.05, 4.69) is 31.3 Å². The Kier molecular flexibility index (Phi) is 5.11. The molecule has 1 aromatic carbocycles. The minimum absolute atomic E-state index is 0.225. The molecular formula is C14H23NO2Si. The highest BCUT2D eigenvalue weighted by Crippen LogP contribution is 2.16. The van der Waals surface area contributed by atoms with Crippen LogP contribution in [0.3, 0.4) is 0 Å². The third kappa shape index (κ3) is 3.96. The summed E-state index contributed by atoms with van der Waals surface area (Å²) < 4.78 is 7.44. The molecule has 0 atom stereocenters. The Morgan fingerprint density at radius 1 is 1.28 bits per heavy atom. The second-order valence-corrected chi connectivity index (χ2v) is 10.5. The first-order chi connectivity index (χ1) is 8.36. The maximum Gasteiger partial charge on any atom is 0.338 e. The van der Waals surface area contributed by atoms with Crippen LogP contribution in [0.15, 0.2) is 24.3 Å². The number of hydrogen-bond acceptors (Lipinski definition) is 3. The Balaban J connectivity index is 2.92. The van der Waals surface area contributed by atoms with E-state index in [-0.39, 0.29) is 5.97 Å². The summed E-state index contributed by atoms with van der Waals surface area (Å²) in [6.45, 7) is 9.91. The van der Waals surface area contributed by atoms with E-state index in [0.717, 1.165) is 12.1 Å². The molecule has 0 radical (unpaired) electrons. The third-order valence-corrected chi connectivity index (χ3v) is 5.51. The molecule has 0 unspecified atom stereocenters. The van der Waals surface area contributed by atoms with E-state index in [9.17, 15) is 4.79 Å². The lowest BCUT2D eigenvalue weighted by Gasteiger charge is -2.30. The van der Waals surface area contributed by atoms with Gasteiger partial charge in [0.05, 0.1) is 12.2 Å². The number of carbonyl (C=O) groups excluding carboxylic acids is 1. The summed E-state index contributed by atoms with van der Waals surface area (Å²) in [6.07, 6.45) is 0. The lowest BCUT2D eigenvalue weighted by molar-refractivity contribution is 0.0524. The van der Waals surface area contributed by atoms with Crippen LogP contribution in [-0.4, -0.2) is 32.4 Å². The van der Waals surface area contributed by atoms with Crippen LogP contribution in [0.5, 0.6) is 0 Å². The largest absolute Gasteiger partial charge is 0.462 e. The van der Waals surface area contributed by atoms with Crippen molar-refractivity contribution in [2.75, 3.05) is 13.7 Å². The van der Waals surface area contributed by atoms with Crippen LogP contribution in [0.4, 0.5) is 0 Å². The van der Waals surface area contributed by atoms with E-state index in [4.69, 9.17) is 4.74 Å². The molecule has 1 rings (SSSR count). The van der Waals surface area contributed by atoms with Gasteiger partial charge in [0, 0.05) is 6.54 Å². The number of hydrogen-bond donors (Lipinski definition) is 0. The van der Waals surface area contributed by atoms with Crippen LogP contribution in [0, 0.1) is 0 Å². The van der Waals surface area contributed by atoms with Gasteiger partial charge in [0.2, 0.25) is 0 Å². The number of nitrogens with zero attached hydrogens (tertiary/aromatic N) is 1. The average Bonchev–Trinajstić information content (AvgIpc) is 2.28. The van der Waals surface area contributed by atoms with Gasteiger partial charge in [-0.05, 0) is 25.6 Å². The van der Waals surface area contributed by atoms with Crippen LogP contribution >= 0.6 is 0 Å². The van der Waals surface area contributed by atoms with Crippen molar-refractivity contribution in [1.82, 2.24) is 4.57 Å². The molecule has 0 aliphatic rings. The Morgan fingerprint density at radius 3 is 2.44 bits per heavy atom. The molecule has 100 valence electrons. The SMILES string of the molecule is CCOC(=O)c1ccccc1CN(C)[Si](C)(C)C. The quantitative estimate of drug-likeness (QED) is 0.605. The fraction of sp³-hybridized carbons (Fsp3) is 0.500. The number of rotatable bonds is 5. The molecule has 1 aromatic rings. The highest BCUT2D eigenvalue weighted by atomic mass is 28.3. The van der Waals surface area contributed by atoms with Gasteiger partial charge in [0.25, 0.3) is 0 Å². The third-order valence-electron chi connectivity index (χ3n) is 3.07. The molecule has 0 aromatic heterocycles. The van der Waals surface area contributed by atoms with Gasteiger partial charge in [-0.15, -0.1) is 0 Å². The fourth-order valence-corrected chi connectivity index (χ4v) is 2.20. The molecule has 0 heterocycles. The van der Waals surface area contributed by atoms with Crippen molar-refractivity contribution in [2.24, 2.45) is 0 Å². The first-order valence-electron chi connectivity index (χ1n) is 6.32. The van der Waals surface area contributed by atoms with Crippen LogP contribution in [0.1, 0.15) is 22.8 Å². The maximum absolute atomic E-state index is 11.9. The lowest BCUT2D eigenvalue weighted by Crippen LogP contribution is -2.42. The molecular weight excluding hydrogens is 242 g/mol. The Labute approximate surface area is 111 Å². The molecule has 0 spiro atoms. The Hall–Kier alpha value is -1.13. The summed E-state index contributed by atoms with van der Waals surface area (Å²) in [5.74, 6) is -0.225. The summed E-state index contributed by atoms with van der Waals surface area (Å²) >= 11 is 0. The van der Waals surface area contributed by atoms with Crippen LogP contribution < -0.4 is 0 Å². The molecule has 0 fully saturated rings. The van der Waals surface area contributed by atoms with Crippen molar-refractivity contribution in [3.8, 4) is 0 Å². The van der Waals surface area contributed by atoms with Gasteiger partial charge in [-0.1, -0.05) is 37.8 Å². The van der Waals surface area contributed by atoms with E-state index >= 15 is 0 Å². The minimum atomic E-state index is -1.34. The molecule has 18 heavy (non-hydrogen) atoms. The predicted octanol–water partition coefficient (Wildman–Crippen LogP) is 3.13. The van der Waals surface area contributed by atoms with Crippen LogP contribution in [0.2, 0.25) is 19.6 Å². The average molecular weight is 265 g/mol. The molecule has 0 N–H and O–H groups in total. The normalized spacial score (nSPS) is 11.7. The zero-order chi connectivity index (χ0) is 13.8. The summed E-state index contributed by atoms with van der Waals surface area (Å²) in [5, 5.41) is 0. The van der Waals surface area contributed by atoms with Crippen LogP contribution in [-0.2, 0) is 11.3 Å². The van der Waals surface area contributed by atoms with Crippen molar-refractivity contribution in [2.45, 2.75) is 33.1 Å². The zero-order valence-electron chi connectivity index (χ0n) is 12.0. The van der Waals surface area contributed by atoms with Gasteiger partial charge in [0.15, 0.2) is 0 Å². The smallest absolute Gasteiger partial charge is 0.338 e. The molecule has 0 saturated carbocycles. The molecule has 0 bridgehead atoms. The Bertz CT molecular complexity index is 413. The van der Waals surface area contributed by atoms with E-state index in [0.29, 0.717) is 12.2 Å². The van der Waals surface area contributed by atoms with Gasteiger partial charge in [-0.25, -0.2) is 4.79 Å². The summed E-state index contributed by atoms with van der Waals surface area (Å²) in [7, 11) is 0.781. The van der Waals surface area contributed by atoms with E-state index in [1.807, 2.05) is 31.2 Å². The molecule has 3 nitrogen and oxygen atoms in total. The lowest BCUT2D eigenvalue weighted by atomic mass is 10.1. The monoisotopic (exact) mass is 265 g/mol. The highest BCUT2D eigenvalue weighted by molar-refractivity contribution is 6.73. The zero-order valence-corrected chi connectivity index (χ0v) is 13.0. The van der Waals surface area contributed by atoms with Crippen molar-refractivity contribution < 1.29 is 9.53 Å². The second kappa shape index (κ2) is 6.16. The van der Waals surface area contributed by atoms with Gasteiger partial charge >= 0.3 is 5.97 Å². The van der Waals surface area contributed by atoms with Crippen LogP contribution in [0.25, 0.3) is 0 Å². The van der Waals surface area contributed by atoms with Crippen molar-refractivity contribution in [3.05, 3.63) is 35.4 Å². The highest BCUT2D eigenvalue weighted by Gasteiger charge is 2.22. The van der Waals surface area contributed by atoms with E-state index in [1.54, 1.807) is 0 Å². The Morgan fingerprint density at radius 2 is 1.89 bits per heavy atom. The molecule has 0 saturated heterocycles. The number of ether oxygens (including phenoxy) is 1. The molecule has 0 aliphatic heterocycles. The second-order valence-electron chi connectivity index (χ2n) is 5.40. The molecule has 0 amide bonds. The van der Waals surface area contributed by atoms with Crippen molar-refractivity contribution >= 4 is 14.2 Å². The maximum atomic E-state index is 11.9. The standard InChI is InChI=1S/C14H23NO2Si/c1-6-17-14(16)13-10-8-7-9-12(13)11-15(2)18(3,4)5/h7-10H,6,11H2,1-5H3. The first-order valence-corrected chi connectivity index (χ1v) is 9.77. The van der Waals surface area contributed by atoms with Crippen molar-refractivity contribution in [3.63, 3.8) is 0 Å². The van der Waals surface area contributed by atoms with Gasteiger partial charge in [-0.2, -0.15) is 0 Å². The molecule has 0 aliphatic carbocycles. The van der Waals surface area contributed by atoms with Crippen molar-refractivity contribution in [1.29, 1.82) is 0 Å². The van der Waals surface area contributed by atoms with Gasteiger partial charge in [-0.3, -0.25) is 0 Å². The van der Waals surface area contributed by atoms with E-state index in [1.165, 1.54) is 0 Å². The summed E-state index contributed by atoms with van der Waals surface area (Å²) in [4.78, 5) is 11.9. The minimum Gasteiger partial charge on any atom is -0.462 e. The van der Waals surface area contributed by atoms with E-state index < -0.39 is 8.24 Å². The topological polar surface area (TPSA) is 29.5 Å². The predicted molar refractivity (Wildman–Crippen MR) is 77.2 cm³/mol. The summed E-state index contributed by atoms with van der Waals surface area (Å²) in [6, 6.07) is 7.69. The van der Waals surface area contributed by atoms with Gasteiger partial charge in [0.1, 0.15) is 8.24 Å². The number of esters is 1. The number of benzene rings is 1. The molecule has 4 heteroatoms. The first kappa shape index (κ1) is 14.9. The van der Waals surface area contributed by atoms with Gasteiger partial charge < -0.3 is 9.30 Å². The number of carbonyl (C=O) groups is 1. The fourth-order valence-electron chi connectivity index (χ4n) is 1.56. The summed E-state index contributed by atoms with van der Waals surface area (Å²) in [5.41, 5.74) is 1.73.